The lowest BCUT2D eigenvalue weighted by Gasteiger charge is -2.13. The number of ether oxygens (including phenoxy) is 1. The number of anilines is 1. The van der Waals surface area contributed by atoms with Crippen molar-refractivity contribution in [3.8, 4) is 0 Å². The number of Topliss-reactive ketones (excluding diaryl/α,β-unsaturated/α-hetero) is 1. The molecule has 0 atom stereocenters. The molecule has 0 bridgehead atoms. The fourth-order valence-electron chi connectivity index (χ4n) is 3.28. The molecular weight excluding hydrogens is 452 g/mol. The van der Waals surface area contributed by atoms with E-state index in [9.17, 15) is 29.3 Å². The second kappa shape index (κ2) is 8.64. The molecule has 3 aromatic carbocycles. The summed E-state index contributed by atoms with van der Waals surface area (Å²) in [6.07, 6.45) is 0. The number of ketones is 1. The van der Waals surface area contributed by atoms with Gasteiger partial charge in [0.2, 0.25) is 0 Å². The number of esters is 1. The Hall–Kier alpha value is -4.37. The lowest BCUT2D eigenvalue weighted by molar-refractivity contribution is -0.384. The second-order valence-electron chi connectivity index (χ2n) is 6.99. The van der Waals surface area contributed by atoms with Crippen LogP contribution in [0.25, 0.3) is 0 Å². The highest BCUT2D eigenvalue weighted by atomic mass is 35.5. The van der Waals surface area contributed by atoms with Crippen molar-refractivity contribution < 1.29 is 28.8 Å². The number of hydrogen-bond acceptors (Lipinski definition) is 7. The summed E-state index contributed by atoms with van der Waals surface area (Å²) < 4.78 is 5.04. The smallest absolute Gasteiger partial charge is 0.338 e. The van der Waals surface area contributed by atoms with Gasteiger partial charge in [-0.3, -0.25) is 24.5 Å². The molecule has 0 spiro atoms. The maximum absolute atomic E-state index is 12.9. The number of rotatable bonds is 6. The van der Waals surface area contributed by atoms with E-state index in [1.165, 1.54) is 60.7 Å². The monoisotopic (exact) mass is 464 g/mol. The molecule has 4 rings (SSSR count). The first-order chi connectivity index (χ1) is 15.8. The molecule has 1 heterocycles. The number of halogens is 1. The fourth-order valence-corrected chi connectivity index (χ4v) is 3.41. The normalized spacial score (nSPS) is 12.5. The number of benzene rings is 3. The Morgan fingerprint density at radius 1 is 0.909 bits per heavy atom. The Kier molecular flexibility index (Phi) is 5.72. The minimum Gasteiger partial charge on any atom is -0.454 e. The van der Waals surface area contributed by atoms with Crippen LogP contribution < -0.4 is 4.90 Å². The molecule has 2 amide bonds. The quantitative estimate of drug-likeness (QED) is 0.177. The van der Waals surface area contributed by atoms with Crippen LogP contribution in [-0.4, -0.2) is 35.1 Å². The van der Waals surface area contributed by atoms with E-state index < -0.39 is 35.1 Å². The molecule has 0 radical (unpaired) electrons. The topological polar surface area (TPSA) is 124 Å². The van der Waals surface area contributed by atoms with Gasteiger partial charge < -0.3 is 4.74 Å². The fraction of sp³-hybridized carbons (Fsp3) is 0.0435. The van der Waals surface area contributed by atoms with Crippen LogP contribution in [0, 0.1) is 10.1 Å². The number of hydrogen-bond donors (Lipinski definition) is 0. The Bertz CT molecular complexity index is 1330. The summed E-state index contributed by atoms with van der Waals surface area (Å²) in [6, 6.07) is 15.0. The van der Waals surface area contributed by atoms with Gasteiger partial charge in [-0.25, -0.2) is 9.69 Å². The standard InChI is InChI=1S/C23H13ClN2O7/c24-15-7-4-13(5-8-15)20(27)12-33-23(30)14-6-9-18-19(10-14)22(29)25(21(18)28)16-2-1-3-17(11-16)26(31)32/h1-11H,12H2. The van der Waals surface area contributed by atoms with Crippen molar-refractivity contribution in [3.05, 3.63) is 104 Å². The number of non-ortho nitro benzene ring substituents is 1. The first-order valence-corrected chi connectivity index (χ1v) is 9.87. The zero-order valence-electron chi connectivity index (χ0n) is 16.7. The summed E-state index contributed by atoms with van der Waals surface area (Å²) in [5, 5.41) is 11.5. The van der Waals surface area contributed by atoms with Crippen molar-refractivity contribution in [2.45, 2.75) is 0 Å². The highest BCUT2D eigenvalue weighted by Crippen LogP contribution is 2.31. The van der Waals surface area contributed by atoms with E-state index >= 15 is 0 Å². The van der Waals surface area contributed by atoms with E-state index in [1.54, 1.807) is 0 Å². The maximum Gasteiger partial charge on any atom is 0.338 e. The number of carbonyl (C=O) groups is 4. The van der Waals surface area contributed by atoms with Gasteiger partial charge in [0.1, 0.15) is 0 Å². The van der Waals surface area contributed by atoms with Gasteiger partial charge in [-0.15, -0.1) is 0 Å². The second-order valence-corrected chi connectivity index (χ2v) is 7.43. The van der Waals surface area contributed by atoms with Crippen LogP contribution >= 0.6 is 11.6 Å². The third kappa shape index (κ3) is 4.21. The predicted molar refractivity (Wildman–Crippen MR) is 117 cm³/mol. The molecule has 0 N–H and O–H groups in total. The van der Waals surface area contributed by atoms with Crippen LogP contribution in [-0.2, 0) is 4.74 Å². The molecule has 0 saturated heterocycles. The van der Waals surface area contributed by atoms with E-state index in [1.807, 2.05) is 0 Å². The summed E-state index contributed by atoms with van der Waals surface area (Å²) in [5.74, 6) is -2.70. The maximum atomic E-state index is 12.9. The molecule has 0 saturated carbocycles. The number of nitro benzene ring substituents is 1. The Labute approximate surface area is 191 Å². The predicted octanol–water partition coefficient (Wildman–Crippen LogP) is 4.09. The van der Waals surface area contributed by atoms with Crippen LogP contribution in [0.2, 0.25) is 5.02 Å². The Morgan fingerprint density at radius 2 is 1.58 bits per heavy atom. The SMILES string of the molecule is O=C(COC(=O)c1ccc2c(c1)C(=O)N(c1cccc([N+](=O)[O-])c1)C2=O)c1ccc(Cl)cc1. The molecule has 164 valence electrons. The zero-order chi connectivity index (χ0) is 23.7. The van der Waals surface area contributed by atoms with Crippen LogP contribution in [0.15, 0.2) is 66.7 Å². The third-order valence-corrected chi connectivity index (χ3v) is 5.17. The number of imide groups is 1. The van der Waals surface area contributed by atoms with Gasteiger partial charge in [0.15, 0.2) is 12.4 Å². The highest BCUT2D eigenvalue weighted by Gasteiger charge is 2.37. The van der Waals surface area contributed by atoms with Crippen molar-refractivity contribution >= 4 is 46.5 Å². The third-order valence-electron chi connectivity index (χ3n) is 4.92. The summed E-state index contributed by atoms with van der Waals surface area (Å²) >= 11 is 5.78. The van der Waals surface area contributed by atoms with Gasteiger partial charge in [-0.05, 0) is 48.5 Å². The molecule has 0 fully saturated rings. The van der Waals surface area contributed by atoms with Gasteiger partial charge in [0, 0.05) is 22.7 Å². The first kappa shape index (κ1) is 21.8. The van der Waals surface area contributed by atoms with Crippen molar-refractivity contribution in [1.29, 1.82) is 0 Å². The number of amides is 2. The molecule has 0 aliphatic carbocycles. The number of nitrogens with zero attached hydrogens (tertiary/aromatic N) is 2. The van der Waals surface area contributed by atoms with Crippen LogP contribution in [0.5, 0.6) is 0 Å². The summed E-state index contributed by atoms with van der Waals surface area (Å²) in [5.41, 5.74) is 0.0336. The van der Waals surface area contributed by atoms with Crippen molar-refractivity contribution in [2.75, 3.05) is 11.5 Å². The number of nitro groups is 1. The lowest BCUT2D eigenvalue weighted by atomic mass is 10.1. The summed E-state index contributed by atoms with van der Waals surface area (Å²) in [6.45, 7) is -0.524. The average molecular weight is 465 g/mol. The van der Waals surface area contributed by atoms with Crippen molar-refractivity contribution in [3.63, 3.8) is 0 Å². The van der Waals surface area contributed by atoms with Gasteiger partial charge in [0.25, 0.3) is 17.5 Å². The van der Waals surface area contributed by atoms with Crippen molar-refractivity contribution in [1.82, 2.24) is 0 Å². The number of carbonyl (C=O) groups excluding carboxylic acids is 4. The zero-order valence-corrected chi connectivity index (χ0v) is 17.4. The van der Waals surface area contributed by atoms with Gasteiger partial charge in [-0.1, -0.05) is 17.7 Å². The minimum atomic E-state index is -0.853. The highest BCUT2D eigenvalue weighted by molar-refractivity contribution is 6.34. The molecular formula is C23H13ClN2O7. The summed E-state index contributed by atoms with van der Waals surface area (Å²) in [4.78, 5) is 61.4. The van der Waals surface area contributed by atoms with E-state index in [0.29, 0.717) is 10.6 Å². The largest absolute Gasteiger partial charge is 0.454 e. The first-order valence-electron chi connectivity index (χ1n) is 9.49. The molecule has 1 aliphatic heterocycles. The number of fused-ring (bicyclic) bond motifs is 1. The van der Waals surface area contributed by atoms with E-state index in [0.717, 1.165) is 11.0 Å². The Balaban J connectivity index is 1.52. The molecule has 0 aromatic heterocycles. The van der Waals surface area contributed by atoms with Gasteiger partial charge in [0.05, 0.1) is 27.3 Å². The van der Waals surface area contributed by atoms with Gasteiger partial charge >= 0.3 is 5.97 Å². The lowest BCUT2D eigenvalue weighted by Crippen LogP contribution is -2.29. The summed E-state index contributed by atoms with van der Waals surface area (Å²) in [7, 11) is 0. The molecule has 1 aliphatic rings. The molecule has 0 unspecified atom stereocenters. The van der Waals surface area contributed by atoms with E-state index in [-0.39, 0.29) is 28.1 Å². The van der Waals surface area contributed by atoms with Gasteiger partial charge in [-0.2, -0.15) is 0 Å². The minimum absolute atomic E-state index is 0.0281. The van der Waals surface area contributed by atoms with Crippen LogP contribution in [0.1, 0.15) is 41.4 Å². The molecule has 3 aromatic rings. The average Bonchev–Trinajstić information content (AvgIpc) is 3.07. The Morgan fingerprint density at radius 3 is 2.27 bits per heavy atom. The van der Waals surface area contributed by atoms with E-state index in [2.05, 4.69) is 0 Å². The molecule has 9 nitrogen and oxygen atoms in total. The molecule has 33 heavy (non-hydrogen) atoms. The van der Waals surface area contributed by atoms with Crippen LogP contribution in [0.3, 0.4) is 0 Å². The van der Waals surface area contributed by atoms with E-state index in [4.69, 9.17) is 16.3 Å². The van der Waals surface area contributed by atoms with Crippen LogP contribution in [0.4, 0.5) is 11.4 Å². The van der Waals surface area contributed by atoms with Crippen molar-refractivity contribution in [2.24, 2.45) is 0 Å². The molecule has 10 heteroatoms.